The number of hydrogen-bond donors (Lipinski definition) is 1. The van der Waals surface area contributed by atoms with Gasteiger partial charge in [0, 0.05) is 50.9 Å². The van der Waals surface area contributed by atoms with Gasteiger partial charge in [0.2, 0.25) is 5.91 Å². The van der Waals surface area contributed by atoms with Gasteiger partial charge < -0.3 is 15.0 Å². The molecule has 0 spiro atoms. The maximum Gasteiger partial charge on any atom is 0.251 e. The molecule has 6 nitrogen and oxygen atoms in total. The van der Waals surface area contributed by atoms with E-state index in [1.54, 1.807) is 49.6 Å². The zero-order chi connectivity index (χ0) is 22.2. The third-order valence-electron chi connectivity index (χ3n) is 5.39. The molecular weight excluding hydrogens is 397 g/mol. The van der Waals surface area contributed by atoms with Crippen molar-refractivity contribution in [2.75, 3.05) is 46.4 Å². The van der Waals surface area contributed by atoms with Crippen LogP contribution in [0.5, 0.6) is 5.75 Å². The molecule has 0 unspecified atom stereocenters. The molecule has 0 saturated carbocycles. The predicted octanol–water partition coefficient (Wildman–Crippen LogP) is 2.81. The summed E-state index contributed by atoms with van der Waals surface area (Å²) in [4.78, 5) is 28.8. The lowest BCUT2D eigenvalue weighted by Crippen LogP contribution is -2.50. The Morgan fingerprint density at radius 2 is 1.61 bits per heavy atom. The number of rotatable bonds is 7. The van der Waals surface area contributed by atoms with Crippen molar-refractivity contribution in [3.8, 4) is 5.75 Å². The number of methoxy groups -OCH3 is 1. The van der Waals surface area contributed by atoms with Gasteiger partial charge in [-0.2, -0.15) is 0 Å². The Hall–Kier alpha value is -3.19. The Kier molecular flexibility index (Phi) is 7.78. The van der Waals surface area contributed by atoms with Gasteiger partial charge in [0.25, 0.3) is 5.91 Å². The van der Waals surface area contributed by atoms with Crippen LogP contribution in [-0.2, 0) is 4.79 Å². The third kappa shape index (κ3) is 6.39. The number of nitrogens with zero attached hydrogens (tertiary/aromatic N) is 2. The van der Waals surface area contributed by atoms with Crippen LogP contribution in [0.15, 0.2) is 54.6 Å². The SMILES string of the molecule is COc1ccc(C(=O)NCCN2CCN(C(=O)/C=C(/C)c3ccc(F)cc3)CC2)cc1. The van der Waals surface area contributed by atoms with Gasteiger partial charge in [0.15, 0.2) is 0 Å². The molecular formula is C24H28FN3O3. The summed E-state index contributed by atoms with van der Waals surface area (Å²) in [7, 11) is 1.59. The zero-order valence-electron chi connectivity index (χ0n) is 17.9. The maximum absolute atomic E-state index is 13.1. The van der Waals surface area contributed by atoms with Crippen LogP contribution in [0.2, 0.25) is 0 Å². The van der Waals surface area contributed by atoms with Crippen LogP contribution in [-0.4, -0.2) is 68.0 Å². The molecule has 164 valence electrons. The fourth-order valence-electron chi connectivity index (χ4n) is 3.44. The normalized spacial score (nSPS) is 14.9. The minimum absolute atomic E-state index is 0.0331. The molecule has 0 atom stereocenters. The van der Waals surface area contributed by atoms with Crippen LogP contribution in [0.1, 0.15) is 22.8 Å². The fraction of sp³-hybridized carbons (Fsp3) is 0.333. The molecule has 2 amide bonds. The number of nitrogens with one attached hydrogen (secondary N) is 1. The molecule has 2 aromatic carbocycles. The fourth-order valence-corrected chi connectivity index (χ4v) is 3.44. The van der Waals surface area contributed by atoms with Crippen LogP contribution in [0.3, 0.4) is 0 Å². The van der Waals surface area contributed by atoms with Gasteiger partial charge in [-0.3, -0.25) is 14.5 Å². The van der Waals surface area contributed by atoms with Gasteiger partial charge in [-0.25, -0.2) is 4.39 Å². The predicted molar refractivity (Wildman–Crippen MR) is 118 cm³/mol. The van der Waals surface area contributed by atoms with Crippen molar-refractivity contribution in [2.24, 2.45) is 0 Å². The summed E-state index contributed by atoms with van der Waals surface area (Å²) in [6.07, 6.45) is 1.61. The Balaban J connectivity index is 1.40. The summed E-state index contributed by atoms with van der Waals surface area (Å²) < 4.78 is 18.2. The van der Waals surface area contributed by atoms with Crippen LogP contribution < -0.4 is 10.1 Å². The largest absolute Gasteiger partial charge is 0.497 e. The number of carbonyl (C=O) groups is 2. The first kappa shape index (κ1) is 22.5. The number of ether oxygens (including phenoxy) is 1. The highest BCUT2D eigenvalue weighted by Crippen LogP contribution is 2.15. The van der Waals surface area contributed by atoms with E-state index >= 15 is 0 Å². The molecule has 2 aromatic rings. The molecule has 0 radical (unpaired) electrons. The van der Waals surface area contributed by atoms with Gasteiger partial charge in [-0.15, -0.1) is 0 Å². The first-order valence-corrected chi connectivity index (χ1v) is 10.3. The monoisotopic (exact) mass is 425 g/mol. The number of amides is 2. The van der Waals surface area contributed by atoms with Crippen molar-refractivity contribution >= 4 is 17.4 Å². The molecule has 3 rings (SSSR count). The van der Waals surface area contributed by atoms with E-state index in [1.807, 2.05) is 11.8 Å². The molecule has 1 N–H and O–H groups in total. The smallest absolute Gasteiger partial charge is 0.251 e. The van der Waals surface area contributed by atoms with Crippen LogP contribution in [0.25, 0.3) is 5.57 Å². The zero-order valence-corrected chi connectivity index (χ0v) is 17.9. The van der Waals surface area contributed by atoms with Crippen molar-refractivity contribution in [3.05, 3.63) is 71.6 Å². The average Bonchev–Trinajstić information content (AvgIpc) is 2.79. The quantitative estimate of drug-likeness (QED) is 0.693. The maximum atomic E-state index is 13.1. The van der Waals surface area contributed by atoms with Crippen molar-refractivity contribution in [1.29, 1.82) is 0 Å². The average molecular weight is 426 g/mol. The van der Waals surface area contributed by atoms with Gasteiger partial charge in [0.05, 0.1) is 7.11 Å². The number of hydrogen-bond acceptors (Lipinski definition) is 4. The van der Waals surface area contributed by atoms with E-state index in [1.165, 1.54) is 12.1 Å². The van der Waals surface area contributed by atoms with Crippen molar-refractivity contribution < 1.29 is 18.7 Å². The van der Waals surface area contributed by atoms with Crippen LogP contribution in [0.4, 0.5) is 4.39 Å². The molecule has 31 heavy (non-hydrogen) atoms. The summed E-state index contributed by atoms with van der Waals surface area (Å²) in [6, 6.07) is 13.1. The number of benzene rings is 2. The second-order valence-electron chi connectivity index (χ2n) is 7.49. The lowest BCUT2D eigenvalue weighted by Gasteiger charge is -2.34. The molecule has 1 saturated heterocycles. The number of allylic oxidation sites excluding steroid dienone is 1. The van der Waals surface area contributed by atoms with E-state index in [0.717, 1.165) is 30.8 Å². The number of halogens is 1. The second kappa shape index (κ2) is 10.7. The van der Waals surface area contributed by atoms with Crippen molar-refractivity contribution in [2.45, 2.75) is 6.92 Å². The topological polar surface area (TPSA) is 61.9 Å². The standard InChI is InChI=1S/C24H28FN3O3/c1-18(19-3-7-21(25)8-4-19)17-23(29)28-15-13-27(14-16-28)12-11-26-24(30)20-5-9-22(31-2)10-6-20/h3-10,17H,11-16H2,1-2H3,(H,26,30)/b18-17-. The Morgan fingerprint density at radius 1 is 1.00 bits per heavy atom. The van der Waals surface area contributed by atoms with E-state index in [9.17, 15) is 14.0 Å². The molecule has 0 bridgehead atoms. The summed E-state index contributed by atoms with van der Waals surface area (Å²) in [6.45, 7) is 5.92. The third-order valence-corrected chi connectivity index (χ3v) is 5.39. The highest BCUT2D eigenvalue weighted by atomic mass is 19.1. The minimum atomic E-state index is -0.292. The summed E-state index contributed by atoms with van der Waals surface area (Å²) in [5, 5.41) is 2.93. The molecule has 1 aliphatic rings. The molecule has 0 aromatic heterocycles. The van der Waals surface area contributed by atoms with Crippen LogP contribution in [0, 0.1) is 5.82 Å². The van der Waals surface area contributed by atoms with Gasteiger partial charge >= 0.3 is 0 Å². The summed E-state index contributed by atoms with van der Waals surface area (Å²) in [5.41, 5.74) is 2.24. The minimum Gasteiger partial charge on any atom is -0.497 e. The lowest BCUT2D eigenvalue weighted by molar-refractivity contribution is -0.127. The Labute approximate surface area is 182 Å². The summed E-state index contributed by atoms with van der Waals surface area (Å²) in [5.74, 6) is 0.276. The van der Waals surface area contributed by atoms with Gasteiger partial charge in [0.1, 0.15) is 11.6 Å². The van der Waals surface area contributed by atoms with E-state index in [0.29, 0.717) is 30.9 Å². The molecule has 1 fully saturated rings. The highest BCUT2D eigenvalue weighted by Gasteiger charge is 2.20. The second-order valence-corrected chi connectivity index (χ2v) is 7.49. The summed E-state index contributed by atoms with van der Waals surface area (Å²) >= 11 is 0. The van der Waals surface area contributed by atoms with Gasteiger partial charge in [-0.05, 0) is 54.5 Å². The van der Waals surface area contributed by atoms with E-state index in [-0.39, 0.29) is 17.6 Å². The van der Waals surface area contributed by atoms with Crippen molar-refractivity contribution in [1.82, 2.24) is 15.1 Å². The first-order valence-electron chi connectivity index (χ1n) is 10.3. The van der Waals surface area contributed by atoms with Crippen molar-refractivity contribution in [3.63, 3.8) is 0 Å². The van der Waals surface area contributed by atoms with Gasteiger partial charge in [-0.1, -0.05) is 12.1 Å². The number of piperazine rings is 1. The highest BCUT2D eigenvalue weighted by molar-refractivity contribution is 5.95. The van der Waals surface area contributed by atoms with Crippen LogP contribution >= 0.6 is 0 Å². The molecule has 0 aliphatic carbocycles. The molecule has 7 heteroatoms. The van der Waals surface area contributed by atoms with E-state index in [2.05, 4.69) is 10.2 Å². The lowest BCUT2D eigenvalue weighted by atomic mass is 10.1. The number of carbonyl (C=O) groups excluding carboxylic acids is 2. The Bertz CT molecular complexity index is 918. The Morgan fingerprint density at radius 3 is 2.23 bits per heavy atom. The van der Waals surface area contributed by atoms with E-state index in [4.69, 9.17) is 4.74 Å². The molecule has 1 aliphatic heterocycles. The van der Waals surface area contributed by atoms with E-state index < -0.39 is 0 Å². The first-order chi connectivity index (χ1) is 15.0. The molecule has 1 heterocycles.